The minimum atomic E-state index is 0.394. The van der Waals surface area contributed by atoms with Crippen molar-refractivity contribution < 1.29 is 0 Å². The highest BCUT2D eigenvalue weighted by molar-refractivity contribution is 5.79. The molecule has 0 saturated carbocycles. The summed E-state index contributed by atoms with van der Waals surface area (Å²) in [6.45, 7) is 10.8. The standard InChI is InChI=1S/C19H33N7/c1-5-25(6-2)14-9-10-16(3)22-19(20-4)21-13-12-18-24-23-17-11-7-8-15-26(17)18/h7-8,11,15-16H,5-6,9-10,12-14H2,1-4H3,(H2,20,21,22). The first-order valence-electron chi connectivity index (χ1n) is 9.66. The highest BCUT2D eigenvalue weighted by Gasteiger charge is 2.08. The van der Waals surface area contributed by atoms with Gasteiger partial charge in [-0.1, -0.05) is 19.9 Å². The molecule has 2 aromatic rings. The molecule has 0 aliphatic rings. The average Bonchev–Trinajstić information content (AvgIpc) is 3.07. The smallest absolute Gasteiger partial charge is 0.191 e. The van der Waals surface area contributed by atoms with Crippen molar-refractivity contribution in [1.82, 2.24) is 30.1 Å². The number of pyridine rings is 1. The second-order valence-electron chi connectivity index (χ2n) is 6.51. The second-order valence-corrected chi connectivity index (χ2v) is 6.51. The summed E-state index contributed by atoms with van der Waals surface area (Å²) in [5.41, 5.74) is 0.881. The molecular weight excluding hydrogens is 326 g/mol. The molecule has 0 spiro atoms. The Morgan fingerprint density at radius 3 is 2.81 bits per heavy atom. The van der Waals surface area contributed by atoms with E-state index in [2.05, 4.69) is 51.5 Å². The molecule has 0 saturated heterocycles. The Balaban J connectivity index is 1.72. The number of hydrogen-bond acceptors (Lipinski definition) is 4. The monoisotopic (exact) mass is 359 g/mol. The van der Waals surface area contributed by atoms with Gasteiger partial charge in [0.25, 0.3) is 0 Å². The molecule has 7 nitrogen and oxygen atoms in total. The maximum Gasteiger partial charge on any atom is 0.191 e. The molecule has 26 heavy (non-hydrogen) atoms. The highest BCUT2D eigenvalue weighted by atomic mass is 15.2. The van der Waals surface area contributed by atoms with Crippen molar-refractivity contribution in [2.75, 3.05) is 33.2 Å². The van der Waals surface area contributed by atoms with Crippen LogP contribution in [0.5, 0.6) is 0 Å². The van der Waals surface area contributed by atoms with Gasteiger partial charge in [0.15, 0.2) is 11.6 Å². The van der Waals surface area contributed by atoms with Crippen molar-refractivity contribution in [3.63, 3.8) is 0 Å². The van der Waals surface area contributed by atoms with E-state index >= 15 is 0 Å². The fourth-order valence-corrected chi connectivity index (χ4v) is 3.02. The zero-order chi connectivity index (χ0) is 18.8. The molecule has 1 unspecified atom stereocenters. The summed E-state index contributed by atoms with van der Waals surface area (Å²) in [6.07, 6.45) is 5.11. The minimum Gasteiger partial charge on any atom is -0.356 e. The van der Waals surface area contributed by atoms with Crippen LogP contribution >= 0.6 is 0 Å². The summed E-state index contributed by atoms with van der Waals surface area (Å²) in [5.74, 6) is 1.80. The number of fused-ring (bicyclic) bond motifs is 1. The lowest BCUT2D eigenvalue weighted by Crippen LogP contribution is -2.43. The highest BCUT2D eigenvalue weighted by Crippen LogP contribution is 2.03. The second kappa shape index (κ2) is 10.8. The Labute approximate surface area is 156 Å². The average molecular weight is 360 g/mol. The van der Waals surface area contributed by atoms with Gasteiger partial charge in [0, 0.05) is 32.3 Å². The summed E-state index contributed by atoms with van der Waals surface area (Å²) in [4.78, 5) is 6.79. The van der Waals surface area contributed by atoms with Crippen molar-refractivity contribution in [1.29, 1.82) is 0 Å². The van der Waals surface area contributed by atoms with Crippen molar-refractivity contribution in [2.45, 2.75) is 46.1 Å². The van der Waals surface area contributed by atoms with Crippen LogP contribution in [-0.4, -0.2) is 64.7 Å². The first kappa shape index (κ1) is 20.2. The van der Waals surface area contributed by atoms with Crippen LogP contribution in [0, 0.1) is 0 Å². The Kier molecular flexibility index (Phi) is 8.34. The van der Waals surface area contributed by atoms with Crippen LogP contribution in [0.1, 0.15) is 39.4 Å². The lowest BCUT2D eigenvalue weighted by Gasteiger charge is -2.21. The summed E-state index contributed by atoms with van der Waals surface area (Å²) < 4.78 is 2.02. The normalized spacial score (nSPS) is 13.3. The quantitative estimate of drug-likeness (QED) is 0.501. The van der Waals surface area contributed by atoms with E-state index < -0.39 is 0 Å². The molecular formula is C19H33N7. The van der Waals surface area contributed by atoms with E-state index in [1.807, 2.05) is 35.8 Å². The number of nitrogens with zero attached hydrogens (tertiary/aromatic N) is 5. The summed E-state index contributed by atoms with van der Waals surface area (Å²) >= 11 is 0. The van der Waals surface area contributed by atoms with Gasteiger partial charge in [0.1, 0.15) is 5.82 Å². The van der Waals surface area contributed by atoms with Crippen molar-refractivity contribution in [3.05, 3.63) is 30.2 Å². The maximum atomic E-state index is 4.33. The number of aliphatic imine (C=N–C) groups is 1. The molecule has 0 bridgehead atoms. The Hall–Kier alpha value is -2.15. The van der Waals surface area contributed by atoms with E-state index in [-0.39, 0.29) is 0 Å². The molecule has 2 heterocycles. The molecule has 0 radical (unpaired) electrons. The van der Waals surface area contributed by atoms with Gasteiger partial charge in [-0.3, -0.25) is 9.39 Å². The Bertz CT molecular complexity index is 675. The van der Waals surface area contributed by atoms with E-state index in [0.717, 1.165) is 56.5 Å². The first-order valence-corrected chi connectivity index (χ1v) is 9.66. The van der Waals surface area contributed by atoms with E-state index in [0.29, 0.717) is 6.04 Å². The van der Waals surface area contributed by atoms with E-state index in [1.165, 1.54) is 6.42 Å². The molecule has 0 aliphatic carbocycles. The van der Waals surface area contributed by atoms with Crippen LogP contribution in [-0.2, 0) is 6.42 Å². The number of hydrogen-bond donors (Lipinski definition) is 2. The first-order chi connectivity index (χ1) is 12.7. The van der Waals surface area contributed by atoms with Gasteiger partial charge in [-0.25, -0.2) is 0 Å². The van der Waals surface area contributed by atoms with Crippen LogP contribution in [0.25, 0.3) is 5.65 Å². The summed E-state index contributed by atoms with van der Waals surface area (Å²) in [7, 11) is 1.81. The zero-order valence-corrected chi connectivity index (χ0v) is 16.6. The number of rotatable bonds is 10. The predicted octanol–water partition coefficient (Wildman–Crippen LogP) is 1.95. The van der Waals surface area contributed by atoms with Gasteiger partial charge >= 0.3 is 0 Å². The van der Waals surface area contributed by atoms with Crippen molar-refractivity contribution in [2.24, 2.45) is 4.99 Å². The SMILES string of the molecule is CCN(CC)CCCC(C)NC(=NC)NCCc1nnc2ccccn12. The van der Waals surface area contributed by atoms with Crippen LogP contribution in [0.2, 0.25) is 0 Å². The van der Waals surface area contributed by atoms with E-state index in [1.54, 1.807) is 0 Å². The molecule has 2 rings (SSSR count). The number of nitrogens with one attached hydrogen (secondary N) is 2. The Morgan fingerprint density at radius 2 is 2.08 bits per heavy atom. The molecule has 1 atom stereocenters. The van der Waals surface area contributed by atoms with Crippen LogP contribution in [0.3, 0.4) is 0 Å². The topological polar surface area (TPSA) is 69.8 Å². The largest absolute Gasteiger partial charge is 0.356 e. The minimum absolute atomic E-state index is 0.394. The molecule has 144 valence electrons. The lowest BCUT2D eigenvalue weighted by molar-refractivity contribution is 0.292. The fourth-order valence-electron chi connectivity index (χ4n) is 3.02. The molecule has 7 heteroatoms. The molecule has 0 amide bonds. The third kappa shape index (κ3) is 5.98. The van der Waals surface area contributed by atoms with Gasteiger partial charge in [0.2, 0.25) is 0 Å². The van der Waals surface area contributed by atoms with Gasteiger partial charge < -0.3 is 15.5 Å². The van der Waals surface area contributed by atoms with Crippen LogP contribution < -0.4 is 10.6 Å². The van der Waals surface area contributed by atoms with Gasteiger partial charge in [-0.05, 0) is 51.5 Å². The lowest BCUT2D eigenvalue weighted by atomic mass is 10.2. The van der Waals surface area contributed by atoms with E-state index in [9.17, 15) is 0 Å². The molecule has 0 aromatic carbocycles. The zero-order valence-electron chi connectivity index (χ0n) is 16.6. The van der Waals surface area contributed by atoms with E-state index in [4.69, 9.17) is 0 Å². The number of guanidine groups is 1. The van der Waals surface area contributed by atoms with Crippen LogP contribution in [0.15, 0.2) is 29.4 Å². The van der Waals surface area contributed by atoms with Gasteiger partial charge in [-0.15, -0.1) is 10.2 Å². The predicted molar refractivity (Wildman–Crippen MR) is 108 cm³/mol. The summed E-state index contributed by atoms with van der Waals surface area (Å²) in [5, 5.41) is 15.3. The molecule has 2 aromatic heterocycles. The third-order valence-electron chi connectivity index (χ3n) is 4.64. The van der Waals surface area contributed by atoms with Crippen molar-refractivity contribution in [3.8, 4) is 0 Å². The summed E-state index contributed by atoms with van der Waals surface area (Å²) in [6, 6.07) is 6.32. The molecule has 0 aliphatic heterocycles. The van der Waals surface area contributed by atoms with Gasteiger partial charge in [-0.2, -0.15) is 0 Å². The maximum absolute atomic E-state index is 4.33. The third-order valence-corrected chi connectivity index (χ3v) is 4.64. The van der Waals surface area contributed by atoms with Gasteiger partial charge in [0.05, 0.1) is 0 Å². The molecule has 0 fully saturated rings. The number of aromatic nitrogens is 3. The van der Waals surface area contributed by atoms with Crippen molar-refractivity contribution >= 4 is 11.6 Å². The van der Waals surface area contributed by atoms with Crippen LogP contribution in [0.4, 0.5) is 0 Å². The molecule has 2 N–H and O–H groups in total. The fraction of sp³-hybridized carbons (Fsp3) is 0.632. The Morgan fingerprint density at radius 1 is 1.27 bits per heavy atom.